The summed E-state index contributed by atoms with van der Waals surface area (Å²) in [6.07, 6.45) is 1.91. The molecule has 0 spiro atoms. The third-order valence-electron chi connectivity index (χ3n) is 3.37. The van der Waals surface area contributed by atoms with E-state index in [4.69, 9.17) is 5.73 Å². The Labute approximate surface area is 119 Å². The molecule has 4 nitrogen and oxygen atoms in total. The van der Waals surface area contributed by atoms with E-state index in [0.717, 1.165) is 11.1 Å². The van der Waals surface area contributed by atoms with Crippen molar-refractivity contribution in [3.8, 4) is 0 Å². The minimum atomic E-state index is -0.0528. The first-order valence-corrected chi connectivity index (χ1v) is 6.54. The molecule has 0 aliphatic carbocycles. The van der Waals surface area contributed by atoms with Crippen molar-refractivity contribution in [2.24, 2.45) is 0 Å². The highest BCUT2D eigenvalue weighted by Crippen LogP contribution is 2.16. The Morgan fingerprint density at radius 2 is 1.85 bits per heavy atom. The summed E-state index contributed by atoms with van der Waals surface area (Å²) in [4.78, 5) is 16.0. The second-order valence-electron chi connectivity index (χ2n) is 5.06. The highest BCUT2D eigenvalue weighted by molar-refractivity contribution is 5.92. The van der Waals surface area contributed by atoms with E-state index >= 15 is 0 Å². The van der Waals surface area contributed by atoms with Crippen LogP contribution in [0.5, 0.6) is 0 Å². The van der Waals surface area contributed by atoms with Crippen LogP contribution in [0.4, 0.5) is 11.5 Å². The fraction of sp³-hybridized carbons (Fsp3) is 0.250. The van der Waals surface area contributed by atoms with Crippen molar-refractivity contribution >= 4 is 17.4 Å². The van der Waals surface area contributed by atoms with Gasteiger partial charge in [-0.2, -0.15) is 0 Å². The largest absolute Gasteiger partial charge is 0.384 e. The Hall–Kier alpha value is -2.36. The molecule has 104 valence electrons. The molecule has 1 amide bonds. The summed E-state index contributed by atoms with van der Waals surface area (Å²) < 4.78 is 0. The zero-order valence-electron chi connectivity index (χ0n) is 12.0. The number of nitrogens with zero attached hydrogens (tertiary/aromatic N) is 1. The van der Waals surface area contributed by atoms with Crippen LogP contribution >= 0.6 is 0 Å². The zero-order chi connectivity index (χ0) is 14.7. The molecule has 0 saturated heterocycles. The lowest BCUT2D eigenvalue weighted by molar-refractivity contribution is -0.115. The van der Waals surface area contributed by atoms with Crippen LogP contribution in [0, 0.1) is 20.8 Å². The number of pyridine rings is 1. The first-order chi connectivity index (χ1) is 9.45. The van der Waals surface area contributed by atoms with Crippen molar-refractivity contribution in [3.05, 3.63) is 52.7 Å². The molecule has 0 aliphatic heterocycles. The molecule has 2 rings (SSSR count). The molecule has 0 atom stereocenters. The standard InChI is InChI=1S/C16H19N3O/c1-10-6-12(3)13(7-11(10)2)8-16(20)19-14-4-5-15(17)18-9-14/h4-7,9H,8H2,1-3H3,(H2,17,18)(H,19,20). The van der Waals surface area contributed by atoms with Gasteiger partial charge in [-0.15, -0.1) is 0 Å². The highest BCUT2D eigenvalue weighted by Gasteiger charge is 2.08. The van der Waals surface area contributed by atoms with Crippen LogP contribution in [0.25, 0.3) is 0 Å². The summed E-state index contributed by atoms with van der Waals surface area (Å²) in [7, 11) is 0. The smallest absolute Gasteiger partial charge is 0.228 e. The van der Waals surface area contributed by atoms with Crippen molar-refractivity contribution in [1.29, 1.82) is 0 Å². The molecule has 20 heavy (non-hydrogen) atoms. The minimum Gasteiger partial charge on any atom is -0.384 e. The average Bonchev–Trinajstić information content (AvgIpc) is 2.39. The van der Waals surface area contributed by atoms with Crippen LogP contribution in [0.3, 0.4) is 0 Å². The van der Waals surface area contributed by atoms with Crippen LogP contribution < -0.4 is 11.1 Å². The van der Waals surface area contributed by atoms with Crippen LogP contribution in [-0.2, 0) is 11.2 Å². The number of carbonyl (C=O) groups is 1. The number of aromatic nitrogens is 1. The Kier molecular flexibility index (Phi) is 4.03. The summed E-state index contributed by atoms with van der Waals surface area (Å²) in [6, 6.07) is 7.60. The molecule has 1 aromatic carbocycles. The maximum absolute atomic E-state index is 12.0. The predicted octanol–water partition coefficient (Wildman–Crippen LogP) is 2.77. The topological polar surface area (TPSA) is 68.0 Å². The van der Waals surface area contributed by atoms with E-state index in [1.54, 1.807) is 18.3 Å². The molecule has 1 heterocycles. The molecule has 0 saturated carbocycles. The van der Waals surface area contributed by atoms with Gasteiger partial charge in [0.2, 0.25) is 5.91 Å². The maximum Gasteiger partial charge on any atom is 0.228 e. The number of nitrogens with one attached hydrogen (secondary N) is 1. The van der Waals surface area contributed by atoms with Gasteiger partial charge in [0.25, 0.3) is 0 Å². The summed E-state index contributed by atoms with van der Waals surface area (Å²) in [5.74, 6) is 0.385. The van der Waals surface area contributed by atoms with Gasteiger partial charge in [0, 0.05) is 0 Å². The zero-order valence-corrected chi connectivity index (χ0v) is 12.0. The number of hydrogen-bond donors (Lipinski definition) is 2. The van der Waals surface area contributed by atoms with Gasteiger partial charge in [0.15, 0.2) is 0 Å². The van der Waals surface area contributed by atoms with Crippen LogP contribution in [0.1, 0.15) is 22.3 Å². The molecule has 0 aliphatic rings. The van der Waals surface area contributed by atoms with Crippen molar-refractivity contribution in [3.63, 3.8) is 0 Å². The number of anilines is 2. The normalized spacial score (nSPS) is 10.3. The van der Waals surface area contributed by atoms with Crippen molar-refractivity contribution in [2.45, 2.75) is 27.2 Å². The Morgan fingerprint density at radius 1 is 1.15 bits per heavy atom. The van der Waals surface area contributed by atoms with Gasteiger partial charge in [-0.25, -0.2) is 4.98 Å². The lowest BCUT2D eigenvalue weighted by Gasteiger charge is -2.10. The molecule has 0 unspecified atom stereocenters. The summed E-state index contributed by atoms with van der Waals surface area (Å²) >= 11 is 0. The van der Waals surface area contributed by atoms with Crippen LogP contribution in [-0.4, -0.2) is 10.9 Å². The Balaban J connectivity index is 2.08. The fourth-order valence-electron chi connectivity index (χ4n) is 2.07. The third kappa shape index (κ3) is 3.35. The number of carbonyl (C=O) groups excluding carboxylic acids is 1. The number of hydrogen-bond acceptors (Lipinski definition) is 3. The quantitative estimate of drug-likeness (QED) is 0.900. The first-order valence-electron chi connectivity index (χ1n) is 6.54. The predicted molar refractivity (Wildman–Crippen MR) is 81.6 cm³/mol. The maximum atomic E-state index is 12.0. The van der Waals surface area contributed by atoms with E-state index in [9.17, 15) is 4.79 Å². The molecule has 4 heteroatoms. The molecule has 0 radical (unpaired) electrons. The van der Waals surface area contributed by atoms with E-state index < -0.39 is 0 Å². The van der Waals surface area contributed by atoms with E-state index in [2.05, 4.69) is 36.3 Å². The van der Waals surface area contributed by atoms with Gasteiger partial charge in [-0.1, -0.05) is 12.1 Å². The molecular formula is C16H19N3O. The molecular weight excluding hydrogens is 250 g/mol. The molecule has 0 bridgehead atoms. The summed E-state index contributed by atoms with van der Waals surface area (Å²) in [6.45, 7) is 6.16. The van der Waals surface area contributed by atoms with Gasteiger partial charge in [-0.3, -0.25) is 4.79 Å². The monoisotopic (exact) mass is 269 g/mol. The second kappa shape index (κ2) is 5.74. The number of nitrogens with two attached hydrogens (primary N) is 1. The summed E-state index contributed by atoms with van der Waals surface area (Å²) in [5.41, 5.74) is 10.8. The van der Waals surface area contributed by atoms with Crippen molar-refractivity contribution in [1.82, 2.24) is 4.98 Å². The second-order valence-corrected chi connectivity index (χ2v) is 5.06. The van der Waals surface area contributed by atoms with Gasteiger partial charge in [-0.05, 0) is 55.2 Å². The molecule has 3 N–H and O–H groups in total. The van der Waals surface area contributed by atoms with E-state index in [1.165, 1.54) is 11.1 Å². The van der Waals surface area contributed by atoms with Gasteiger partial charge in [0.1, 0.15) is 5.82 Å². The van der Waals surface area contributed by atoms with Gasteiger partial charge in [0.05, 0.1) is 18.3 Å². The third-order valence-corrected chi connectivity index (χ3v) is 3.37. The van der Waals surface area contributed by atoms with E-state index in [-0.39, 0.29) is 5.91 Å². The lowest BCUT2D eigenvalue weighted by Crippen LogP contribution is -2.15. The van der Waals surface area contributed by atoms with Gasteiger partial charge < -0.3 is 11.1 Å². The van der Waals surface area contributed by atoms with Crippen molar-refractivity contribution < 1.29 is 4.79 Å². The number of rotatable bonds is 3. The van der Waals surface area contributed by atoms with Gasteiger partial charge >= 0.3 is 0 Å². The SMILES string of the molecule is Cc1cc(C)c(CC(=O)Nc2ccc(N)nc2)cc1C. The number of aryl methyl sites for hydroxylation is 3. The van der Waals surface area contributed by atoms with Crippen LogP contribution in [0.2, 0.25) is 0 Å². The highest BCUT2D eigenvalue weighted by atomic mass is 16.1. The average molecular weight is 269 g/mol. The molecule has 1 aromatic heterocycles. The fourth-order valence-corrected chi connectivity index (χ4v) is 2.07. The van der Waals surface area contributed by atoms with E-state index in [0.29, 0.717) is 17.9 Å². The molecule has 2 aromatic rings. The number of amides is 1. The lowest BCUT2D eigenvalue weighted by atomic mass is 9.98. The van der Waals surface area contributed by atoms with Crippen molar-refractivity contribution in [2.75, 3.05) is 11.1 Å². The number of nitrogen functional groups attached to an aromatic ring is 1. The Morgan fingerprint density at radius 3 is 2.50 bits per heavy atom. The number of benzene rings is 1. The van der Waals surface area contributed by atoms with E-state index in [1.807, 2.05) is 6.92 Å². The Bertz CT molecular complexity index is 633. The summed E-state index contributed by atoms with van der Waals surface area (Å²) in [5, 5.41) is 2.82. The first kappa shape index (κ1) is 14.1. The minimum absolute atomic E-state index is 0.0528. The van der Waals surface area contributed by atoms with Crippen LogP contribution in [0.15, 0.2) is 30.5 Å². The molecule has 0 fully saturated rings.